The fourth-order valence-corrected chi connectivity index (χ4v) is 2.28. The molecule has 3 nitrogen and oxygen atoms in total. The third-order valence-electron chi connectivity index (χ3n) is 2.69. The van der Waals surface area contributed by atoms with Crippen LogP contribution in [0.15, 0.2) is 28.9 Å². The second kappa shape index (κ2) is 5.47. The minimum Gasteiger partial charge on any atom is -0.356 e. The maximum atomic E-state index is 12.8. The first-order valence-electron chi connectivity index (χ1n) is 6.00. The number of aromatic nitrogens is 2. The molecule has 2 rings (SSSR count). The monoisotopic (exact) mass is 347 g/mol. The normalized spacial score (nSPS) is 11.7. The molecule has 1 aromatic carbocycles. The van der Waals surface area contributed by atoms with E-state index in [2.05, 4.69) is 26.2 Å². The van der Waals surface area contributed by atoms with Crippen molar-refractivity contribution >= 4 is 21.9 Å². The Balaban J connectivity index is 2.57. The molecule has 0 amide bonds. The van der Waals surface area contributed by atoms with Gasteiger partial charge in [0.15, 0.2) is 0 Å². The SMILES string of the molecule is CCNc1nc(C)cn1-c1cc(C(F)(F)F)ccc1Br. The maximum Gasteiger partial charge on any atom is 0.416 e. The zero-order valence-electron chi connectivity index (χ0n) is 10.9. The van der Waals surface area contributed by atoms with E-state index in [9.17, 15) is 13.2 Å². The maximum absolute atomic E-state index is 12.8. The van der Waals surface area contributed by atoms with Gasteiger partial charge in [-0.15, -0.1) is 0 Å². The summed E-state index contributed by atoms with van der Waals surface area (Å²) < 4.78 is 40.6. The van der Waals surface area contributed by atoms with E-state index < -0.39 is 11.7 Å². The van der Waals surface area contributed by atoms with Gasteiger partial charge in [-0.1, -0.05) is 0 Å². The number of alkyl halides is 3. The summed E-state index contributed by atoms with van der Waals surface area (Å²) in [6.07, 6.45) is -2.68. The van der Waals surface area contributed by atoms with Gasteiger partial charge in [0.2, 0.25) is 5.95 Å². The predicted molar refractivity (Wildman–Crippen MR) is 75.2 cm³/mol. The van der Waals surface area contributed by atoms with Crippen LogP contribution in [0.4, 0.5) is 19.1 Å². The van der Waals surface area contributed by atoms with Crippen LogP contribution in [0.1, 0.15) is 18.2 Å². The van der Waals surface area contributed by atoms with Crippen molar-refractivity contribution in [1.82, 2.24) is 9.55 Å². The van der Waals surface area contributed by atoms with Crippen LogP contribution in [-0.2, 0) is 6.18 Å². The number of aryl methyl sites for hydroxylation is 1. The number of halogens is 4. The van der Waals surface area contributed by atoms with Crippen molar-refractivity contribution in [2.24, 2.45) is 0 Å². The Hall–Kier alpha value is -1.50. The smallest absolute Gasteiger partial charge is 0.356 e. The molecule has 0 atom stereocenters. The number of nitrogens with zero attached hydrogens (tertiary/aromatic N) is 2. The summed E-state index contributed by atoms with van der Waals surface area (Å²) in [5, 5.41) is 3.03. The van der Waals surface area contributed by atoms with E-state index in [4.69, 9.17) is 0 Å². The van der Waals surface area contributed by atoms with Crippen molar-refractivity contribution in [3.8, 4) is 5.69 Å². The summed E-state index contributed by atoms with van der Waals surface area (Å²) in [4.78, 5) is 4.26. The van der Waals surface area contributed by atoms with Crippen molar-refractivity contribution in [1.29, 1.82) is 0 Å². The first kappa shape index (κ1) is 14.9. The standard InChI is InChI=1S/C13H13BrF3N3/c1-3-18-12-19-8(2)7-20(12)11-6-9(13(15,16)17)4-5-10(11)14/h4-7H,3H2,1-2H3,(H,18,19). The summed E-state index contributed by atoms with van der Waals surface area (Å²) in [6.45, 7) is 4.32. The van der Waals surface area contributed by atoms with Gasteiger partial charge in [-0.3, -0.25) is 4.57 Å². The van der Waals surface area contributed by atoms with Gasteiger partial charge in [-0.05, 0) is 48.0 Å². The molecule has 0 unspecified atom stereocenters. The van der Waals surface area contributed by atoms with Gasteiger partial charge in [-0.25, -0.2) is 4.98 Å². The van der Waals surface area contributed by atoms with Crippen molar-refractivity contribution < 1.29 is 13.2 Å². The molecule has 0 radical (unpaired) electrons. The molecular formula is C13H13BrF3N3. The molecule has 0 spiro atoms. The third-order valence-corrected chi connectivity index (χ3v) is 3.36. The molecule has 20 heavy (non-hydrogen) atoms. The second-order valence-electron chi connectivity index (χ2n) is 4.27. The van der Waals surface area contributed by atoms with Crippen molar-refractivity contribution in [2.45, 2.75) is 20.0 Å². The van der Waals surface area contributed by atoms with Crippen molar-refractivity contribution in [3.63, 3.8) is 0 Å². The minimum atomic E-state index is -4.37. The van der Waals surface area contributed by atoms with E-state index in [1.807, 2.05) is 6.92 Å². The summed E-state index contributed by atoms with van der Waals surface area (Å²) >= 11 is 3.28. The molecular weight excluding hydrogens is 335 g/mol. The Morgan fingerprint density at radius 3 is 2.65 bits per heavy atom. The van der Waals surface area contributed by atoms with Gasteiger partial charge < -0.3 is 5.32 Å². The minimum absolute atomic E-state index is 0.399. The Kier molecular flexibility index (Phi) is 4.08. The third kappa shape index (κ3) is 2.98. The highest BCUT2D eigenvalue weighted by Gasteiger charge is 2.31. The van der Waals surface area contributed by atoms with Gasteiger partial charge in [0.05, 0.1) is 16.9 Å². The molecule has 108 valence electrons. The summed E-state index contributed by atoms with van der Waals surface area (Å²) in [5.41, 5.74) is 0.436. The lowest BCUT2D eigenvalue weighted by Gasteiger charge is -2.13. The molecule has 0 aliphatic heterocycles. The highest BCUT2D eigenvalue weighted by atomic mass is 79.9. The van der Waals surface area contributed by atoms with Gasteiger partial charge in [0.1, 0.15) is 0 Å². The highest BCUT2D eigenvalue weighted by molar-refractivity contribution is 9.10. The molecule has 7 heteroatoms. The van der Waals surface area contributed by atoms with E-state index in [0.717, 1.165) is 17.8 Å². The largest absolute Gasteiger partial charge is 0.416 e. The Morgan fingerprint density at radius 2 is 2.05 bits per heavy atom. The van der Waals surface area contributed by atoms with Crippen LogP contribution in [0.5, 0.6) is 0 Å². The molecule has 0 saturated heterocycles. The number of imidazole rings is 1. The van der Waals surface area contributed by atoms with E-state index in [-0.39, 0.29) is 0 Å². The lowest BCUT2D eigenvalue weighted by Crippen LogP contribution is -2.09. The molecule has 1 N–H and O–H groups in total. The van der Waals surface area contributed by atoms with E-state index in [1.165, 1.54) is 6.07 Å². The van der Waals surface area contributed by atoms with Crippen LogP contribution < -0.4 is 5.32 Å². The molecule has 0 aliphatic carbocycles. The van der Waals surface area contributed by atoms with Crippen LogP contribution in [0, 0.1) is 6.92 Å². The number of benzene rings is 1. The molecule has 0 aliphatic rings. The molecule has 1 aromatic heterocycles. The van der Waals surface area contributed by atoms with Crippen LogP contribution in [0.2, 0.25) is 0 Å². The Labute approximate surface area is 123 Å². The van der Waals surface area contributed by atoms with Crippen LogP contribution in [0.25, 0.3) is 5.69 Å². The van der Waals surface area contributed by atoms with E-state index in [0.29, 0.717) is 22.7 Å². The second-order valence-corrected chi connectivity index (χ2v) is 5.12. The predicted octanol–water partition coefficient (Wildman–Crippen LogP) is 4.39. The van der Waals surface area contributed by atoms with Gasteiger partial charge in [0, 0.05) is 17.2 Å². The number of nitrogens with one attached hydrogen (secondary N) is 1. The zero-order valence-corrected chi connectivity index (χ0v) is 12.5. The van der Waals surface area contributed by atoms with Crippen LogP contribution in [0.3, 0.4) is 0 Å². The van der Waals surface area contributed by atoms with Gasteiger partial charge in [-0.2, -0.15) is 13.2 Å². The Morgan fingerprint density at radius 1 is 1.35 bits per heavy atom. The fourth-order valence-electron chi connectivity index (χ4n) is 1.84. The fraction of sp³-hybridized carbons (Fsp3) is 0.308. The number of hydrogen-bond donors (Lipinski definition) is 1. The molecule has 1 heterocycles. The van der Waals surface area contributed by atoms with Crippen molar-refractivity contribution in [2.75, 3.05) is 11.9 Å². The van der Waals surface area contributed by atoms with Crippen molar-refractivity contribution in [3.05, 3.63) is 40.1 Å². The van der Waals surface area contributed by atoms with Crippen LogP contribution in [-0.4, -0.2) is 16.1 Å². The quantitative estimate of drug-likeness (QED) is 0.891. The zero-order chi connectivity index (χ0) is 14.9. The van der Waals surface area contributed by atoms with Crippen LogP contribution >= 0.6 is 15.9 Å². The molecule has 2 aromatic rings. The number of hydrogen-bond acceptors (Lipinski definition) is 2. The summed E-state index contributed by atoms with van der Waals surface area (Å²) in [7, 11) is 0. The Bertz CT molecular complexity index is 620. The summed E-state index contributed by atoms with van der Waals surface area (Å²) in [5.74, 6) is 0.519. The highest BCUT2D eigenvalue weighted by Crippen LogP contribution is 2.34. The molecule has 0 fully saturated rings. The summed E-state index contributed by atoms with van der Waals surface area (Å²) in [6, 6.07) is 3.54. The average Bonchev–Trinajstić information content (AvgIpc) is 2.70. The lowest BCUT2D eigenvalue weighted by molar-refractivity contribution is -0.137. The van der Waals surface area contributed by atoms with E-state index in [1.54, 1.807) is 17.7 Å². The average molecular weight is 348 g/mol. The first-order valence-corrected chi connectivity index (χ1v) is 6.79. The topological polar surface area (TPSA) is 29.9 Å². The molecule has 0 bridgehead atoms. The van der Waals surface area contributed by atoms with E-state index >= 15 is 0 Å². The van der Waals surface area contributed by atoms with Gasteiger partial charge >= 0.3 is 6.18 Å². The number of anilines is 1. The lowest BCUT2D eigenvalue weighted by atomic mass is 10.2. The van der Waals surface area contributed by atoms with Gasteiger partial charge in [0.25, 0.3) is 0 Å². The number of rotatable bonds is 3. The first-order chi connectivity index (χ1) is 9.32. The molecule has 0 saturated carbocycles.